The van der Waals surface area contributed by atoms with Gasteiger partial charge in [0.15, 0.2) is 0 Å². The number of hydrogen-bond donors (Lipinski definition) is 1. The monoisotopic (exact) mass is 235 g/mol. The Morgan fingerprint density at radius 3 is 2.33 bits per heavy atom. The maximum Gasteiger partial charge on any atom is 0.306 e. The highest BCUT2D eigenvalue weighted by Crippen LogP contribution is 2.18. The van der Waals surface area contributed by atoms with E-state index in [2.05, 4.69) is 5.32 Å². The second-order valence-electron chi connectivity index (χ2n) is 4.98. The summed E-state index contributed by atoms with van der Waals surface area (Å²) in [7, 11) is 0. The van der Waals surface area contributed by atoms with Crippen molar-refractivity contribution in [2.24, 2.45) is 5.92 Å². The van der Waals surface area contributed by atoms with Gasteiger partial charge in [0.05, 0.1) is 0 Å². The van der Waals surface area contributed by atoms with Crippen LogP contribution in [0.2, 0.25) is 0 Å². The van der Waals surface area contributed by atoms with E-state index in [0.29, 0.717) is 12.3 Å². The molecule has 0 amide bonds. The van der Waals surface area contributed by atoms with E-state index < -0.39 is 0 Å². The highest BCUT2D eigenvalue weighted by molar-refractivity contribution is 5.85. The summed E-state index contributed by atoms with van der Waals surface area (Å²) in [5.74, 6) is 0.468. The molecule has 0 aromatic rings. The van der Waals surface area contributed by atoms with Crippen LogP contribution in [-0.4, -0.2) is 24.7 Å². The minimum absolute atomic E-state index is 0. The van der Waals surface area contributed by atoms with Gasteiger partial charge in [-0.2, -0.15) is 0 Å². The van der Waals surface area contributed by atoms with E-state index in [1.165, 1.54) is 0 Å². The maximum absolute atomic E-state index is 11.5. The number of rotatable bonds is 2. The molecule has 0 aromatic carbocycles. The minimum Gasteiger partial charge on any atom is -0.460 e. The summed E-state index contributed by atoms with van der Waals surface area (Å²) in [6.07, 6.45) is 2.78. The maximum atomic E-state index is 11.5. The lowest BCUT2D eigenvalue weighted by atomic mass is 9.95. The quantitative estimate of drug-likeness (QED) is 0.746. The van der Waals surface area contributed by atoms with Crippen LogP contribution >= 0.6 is 12.4 Å². The molecule has 15 heavy (non-hydrogen) atoms. The van der Waals surface area contributed by atoms with Crippen LogP contribution in [0, 0.1) is 5.92 Å². The Kier molecular flexibility index (Phi) is 6.22. The average Bonchev–Trinajstić information content (AvgIpc) is 2.02. The summed E-state index contributed by atoms with van der Waals surface area (Å²) < 4.78 is 5.28. The van der Waals surface area contributed by atoms with Gasteiger partial charge < -0.3 is 10.1 Å². The molecule has 1 N–H and O–H groups in total. The molecule has 0 radical (unpaired) electrons. The molecule has 0 saturated carbocycles. The van der Waals surface area contributed by atoms with Crippen molar-refractivity contribution in [1.82, 2.24) is 5.32 Å². The zero-order valence-corrected chi connectivity index (χ0v) is 10.7. The van der Waals surface area contributed by atoms with Crippen molar-refractivity contribution < 1.29 is 9.53 Å². The van der Waals surface area contributed by atoms with E-state index >= 15 is 0 Å². The Morgan fingerprint density at radius 1 is 1.33 bits per heavy atom. The number of ether oxygens (including phenoxy) is 1. The topological polar surface area (TPSA) is 38.3 Å². The van der Waals surface area contributed by atoms with Crippen LogP contribution < -0.4 is 5.32 Å². The van der Waals surface area contributed by atoms with E-state index in [1.54, 1.807) is 0 Å². The lowest BCUT2D eigenvalue weighted by Gasteiger charge is -2.24. The molecule has 0 aliphatic carbocycles. The van der Waals surface area contributed by atoms with Gasteiger partial charge in [0.1, 0.15) is 5.60 Å². The standard InChI is InChI=1S/C11H21NO2.ClH/c1-11(2,3)14-10(13)8-9-4-6-12-7-5-9;/h9,12H,4-8H2,1-3H3;1H. The Bertz CT molecular complexity index is 195. The molecule has 0 unspecified atom stereocenters. The van der Waals surface area contributed by atoms with Crippen LogP contribution in [0.3, 0.4) is 0 Å². The van der Waals surface area contributed by atoms with Crippen molar-refractivity contribution in [2.45, 2.75) is 45.6 Å². The molecule has 0 spiro atoms. The van der Waals surface area contributed by atoms with E-state index in [1.807, 2.05) is 20.8 Å². The average molecular weight is 236 g/mol. The summed E-state index contributed by atoms with van der Waals surface area (Å²) in [6, 6.07) is 0. The lowest BCUT2D eigenvalue weighted by molar-refractivity contribution is -0.156. The van der Waals surface area contributed by atoms with Crippen molar-refractivity contribution in [3.8, 4) is 0 Å². The summed E-state index contributed by atoms with van der Waals surface area (Å²) >= 11 is 0. The summed E-state index contributed by atoms with van der Waals surface area (Å²) in [5.41, 5.74) is -0.343. The Morgan fingerprint density at radius 2 is 1.87 bits per heavy atom. The van der Waals surface area contributed by atoms with Crippen LogP contribution in [0.15, 0.2) is 0 Å². The molecule has 3 nitrogen and oxygen atoms in total. The van der Waals surface area contributed by atoms with Crippen LogP contribution in [0.5, 0.6) is 0 Å². The van der Waals surface area contributed by atoms with E-state index in [0.717, 1.165) is 25.9 Å². The van der Waals surface area contributed by atoms with Gasteiger partial charge >= 0.3 is 5.97 Å². The number of carbonyl (C=O) groups excluding carboxylic acids is 1. The largest absolute Gasteiger partial charge is 0.460 e. The summed E-state index contributed by atoms with van der Waals surface area (Å²) in [6.45, 7) is 7.80. The second-order valence-corrected chi connectivity index (χ2v) is 4.98. The SMILES string of the molecule is CC(C)(C)OC(=O)CC1CCNCC1.Cl. The van der Waals surface area contributed by atoms with Crippen molar-refractivity contribution in [3.05, 3.63) is 0 Å². The number of esters is 1. The van der Waals surface area contributed by atoms with Gasteiger partial charge in [0.2, 0.25) is 0 Å². The third kappa shape index (κ3) is 6.74. The molecule has 1 saturated heterocycles. The second kappa shape index (κ2) is 6.33. The molecular weight excluding hydrogens is 214 g/mol. The van der Waals surface area contributed by atoms with E-state index in [9.17, 15) is 4.79 Å². The van der Waals surface area contributed by atoms with Gasteiger partial charge in [-0.05, 0) is 52.6 Å². The van der Waals surface area contributed by atoms with Crippen molar-refractivity contribution >= 4 is 18.4 Å². The predicted octanol–water partition coefficient (Wildman–Crippen LogP) is 2.14. The van der Waals surface area contributed by atoms with Crippen molar-refractivity contribution in [3.63, 3.8) is 0 Å². The third-order valence-electron chi connectivity index (χ3n) is 2.33. The molecule has 0 atom stereocenters. The Balaban J connectivity index is 0.00000196. The zero-order chi connectivity index (χ0) is 10.6. The van der Waals surface area contributed by atoms with Crippen molar-refractivity contribution in [2.75, 3.05) is 13.1 Å². The molecule has 1 rings (SSSR count). The first-order valence-electron chi connectivity index (χ1n) is 5.40. The number of carbonyl (C=O) groups is 1. The molecule has 1 fully saturated rings. The fraction of sp³-hybridized carbons (Fsp3) is 0.909. The minimum atomic E-state index is -0.343. The normalized spacial score (nSPS) is 18.1. The van der Waals surface area contributed by atoms with Crippen LogP contribution in [-0.2, 0) is 9.53 Å². The van der Waals surface area contributed by atoms with Crippen LogP contribution in [0.25, 0.3) is 0 Å². The molecule has 1 aliphatic heterocycles. The molecule has 1 aliphatic rings. The fourth-order valence-electron chi connectivity index (χ4n) is 1.70. The first-order valence-corrected chi connectivity index (χ1v) is 5.40. The smallest absolute Gasteiger partial charge is 0.306 e. The van der Waals surface area contributed by atoms with Crippen molar-refractivity contribution in [1.29, 1.82) is 0 Å². The Labute approximate surface area is 98.4 Å². The highest BCUT2D eigenvalue weighted by Gasteiger charge is 2.21. The van der Waals surface area contributed by atoms with Gasteiger partial charge in [0.25, 0.3) is 0 Å². The molecule has 1 heterocycles. The van der Waals surface area contributed by atoms with Gasteiger partial charge in [-0.25, -0.2) is 0 Å². The van der Waals surface area contributed by atoms with Crippen LogP contribution in [0.1, 0.15) is 40.0 Å². The molecule has 0 bridgehead atoms. The predicted molar refractivity (Wildman–Crippen MR) is 63.3 cm³/mol. The van der Waals surface area contributed by atoms with Gasteiger partial charge in [0, 0.05) is 6.42 Å². The number of halogens is 1. The first-order chi connectivity index (χ1) is 6.47. The van der Waals surface area contributed by atoms with Gasteiger partial charge in [-0.3, -0.25) is 4.79 Å². The zero-order valence-electron chi connectivity index (χ0n) is 9.84. The van der Waals surface area contributed by atoms with Gasteiger partial charge in [-0.15, -0.1) is 12.4 Å². The fourth-order valence-corrected chi connectivity index (χ4v) is 1.70. The highest BCUT2D eigenvalue weighted by atomic mass is 35.5. The Hall–Kier alpha value is -0.280. The number of nitrogens with one attached hydrogen (secondary N) is 1. The third-order valence-corrected chi connectivity index (χ3v) is 2.33. The van der Waals surface area contributed by atoms with Crippen LogP contribution in [0.4, 0.5) is 0 Å². The van der Waals surface area contributed by atoms with E-state index in [4.69, 9.17) is 4.74 Å². The number of hydrogen-bond acceptors (Lipinski definition) is 3. The van der Waals surface area contributed by atoms with Gasteiger partial charge in [-0.1, -0.05) is 0 Å². The number of piperidine rings is 1. The molecule has 0 aromatic heterocycles. The first kappa shape index (κ1) is 14.7. The molecule has 4 heteroatoms. The summed E-state index contributed by atoms with van der Waals surface area (Å²) in [5, 5.41) is 3.28. The van der Waals surface area contributed by atoms with E-state index in [-0.39, 0.29) is 24.0 Å². The summed E-state index contributed by atoms with van der Waals surface area (Å²) in [4.78, 5) is 11.5. The molecule has 90 valence electrons. The molecular formula is C11H22ClNO2. The lowest BCUT2D eigenvalue weighted by Crippen LogP contribution is -2.31.